The van der Waals surface area contributed by atoms with Gasteiger partial charge in [-0.1, -0.05) is 29.8 Å². The summed E-state index contributed by atoms with van der Waals surface area (Å²) in [5.74, 6) is 0.797. The van der Waals surface area contributed by atoms with E-state index in [0.717, 1.165) is 24.5 Å². The van der Waals surface area contributed by atoms with Crippen LogP contribution in [0.1, 0.15) is 33.1 Å². The van der Waals surface area contributed by atoms with E-state index in [1.54, 1.807) is 0 Å². The Bertz CT molecular complexity index is 128. The zero-order valence-corrected chi connectivity index (χ0v) is 9.69. The van der Waals surface area contributed by atoms with Gasteiger partial charge in [-0.3, -0.25) is 0 Å². The van der Waals surface area contributed by atoms with E-state index >= 15 is 0 Å². The van der Waals surface area contributed by atoms with Gasteiger partial charge in [0.25, 0.3) is 0 Å². The molecule has 1 nitrogen and oxygen atoms in total. The Kier molecular flexibility index (Phi) is 4.04. The second-order valence-corrected chi connectivity index (χ2v) is 5.15. The van der Waals surface area contributed by atoms with Crippen molar-refractivity contribution < 1.29 is 4.74 Å². The predicted octanol–water partition coefficient (Wildman–Crippen LogP) is 3.22. The standard InChI is InChI=1S/C10H19BrO/c1-10(2,8-11)6-9-4-3-5-12-7-9/h9H,3-8H2,1-2H3. The third-order valence-electron chi connectivity index (χ3n) is 2.46. The Balaban J connectivity index is 2.28. The highest BCUT2D eigenvalue weighted by atomic mass is 79.9. The van der Waals surface area contributed by atoms with Gasteiger partial charge in [0.1, 0.15) is 0 Å². The number of rotatable bonds is 3. The molecule has 0 saturated carbocycles. The number of halogens is 1. The lowest BCUT2D eigenvalue weighted by molar-refractivity contribution is 0.0394. The molecule has 0 N–H and O–H groups in total. The molecule has 0 aromatic carbocycles. The van der Waals surface area contributed by atoms with Gasteiger partial charge in [0.05, 0.1) is 0 Å². The van der Waals surface area contributed by atoms with Crippen LogP contribution < -0.4 is 0 Å². The first-order chi connectivity index (χ1) is 5.64. The van der Waals surface area contributed by atoms with Crippen LogP contribution in [-0.2, 0) is 4.74 Å². The maximum Gasteiger partial charge on any atom is 0.0494 e. The molecular weight excluding hydrogens is 216 g/mol. The fraction of sp³-hybridized carbons (Fsp3) is 1.00. The van der Waals surface area contributed by atoms with Crippen LogP contribution in [0.3, 0.4) is 0 Å². The van der Waals surface area contributed by atoms with Gasteiger partial charge in [0, 0.05) is 18.5 Å². The van der Waals surface area contributed by atoms with Crippen molar-refractivity contribution in [3.8, 4) is 0 Å². The van der Waals surface area contributed by atoms with Crippen LogP contribution in [0.25, 0.3) is 0 Å². The lowest BCUT2D eigenvalue weighted by Gasteiger charge is -2.30. The fourth-order valence-corrected chi connectivity index (χ4v) is 2.03. The van der Waals surface area contributed by atoms with E-state index in [4.69, 9.17) is 4.74 Å². The summed E-state index contributed by atoms with van der Waals surface area (Å²) in [6.07, 6.45) is 3.90. The molecule has 0 amide bonds. The minimum atomic E-state index is 0.436. The van der Waals surface area contributed by atoms with Gasteiger partial charge >= 0.3 is 0 Å². The van der Waals surface area contributed by atoms with Gasteiger partial charge in [-0.2, -0.15) is 0 Å². The smallest absolute Gasteiger partial charge is 0.0494 e. The summed E-state index contributed by atoms with van der Waals surface area (Å²) in [7, 11) is 0. The highest BCUT2D eigenvalue weighted by Crippen LogP contribution is 2.31. The van der Waals surface area contributed by atoms with Crippen LogP contribution >= 0.6 is 15.9 Å². The highest BCUT2D eigenvalue weighted by molar-refractivity contribution is 9.09. The topological polar surface area (TPSA) is 9.23 Å². The zero-order chi connectivity index (χ0) is 9.03. The molecular formula is C10H19BrO. The first-order valence-corrected chi connectivity index (χ1v) is 5.90. The van der Waals surface area contributed by atoms with E-state index in [1.807, 2.05) is 0 Å². The maximum atomic E-state index is 5.46. The maximum absolute atomic E-state index is 5.46. The highest BCUT2D eigenvalue weighted by Gasteiger charge is 2.23. The molecule has 1 rings (SSSR count). The molecule has 72 valence electrons. The third-order valence-corrected chi connectivity index (χ3v) is 3.98. The normalized spacial score (nSPS) is 25.8. The van der Waals surface area contributed by atoms with Crippen molar-refractivity contribution in [1.29, 1.82) is 0 Å². The minimum absolute atomic E-state index is 0.436. The van der Waals surface area contributed by atoms with Crippen molar-refractivity contribution in [2.24, 2.45) is 11.3 Å². The molecule has 0 aromatic heterocycles. The average molecular weight is 235 g/mol. The molecule has 1 fully saturated rings. The third kappa shape index (κ3) is 3.44. The lowest BCUT2D eigenvalue weighted by atomic mass is 9.82. The van der Waals surface area contributed by atoms with Crippen LogP contribution in [0.15, 0.2) is 0 Å². The summed E-state index contributed by atoms with van der Waals surface area (Å²) < 4.78 is 5.46. The van der Waals surface area contributed by atoms with E-state index in [9.17, 15) is 0 Å². The Labute approximate surface area is 84.0 Å². The summed E-state index contributed by atoms with van der Waals surface area (Å²) in [5.41, 5.74) is 0.436. The van der Waals surface area contributed by atoms with E-state index in [0.29, 0.717) is 5.41 Å². The monoisotopic (exact) mass is 234 g/mol. The van der Waals surface area contributed by atoms with Gasteiger partial charge in [0.2, 0.25) is 0 Å². The molecule has 1 unspecified atom stereocenters. The largest absolute Gasteiger partial charge is 0.381 e. The summed E-state index contributed by atoms with van der Waals surface area (Å²) in [4.78, 5) is 0. The van der Waals surface area contributed by atoms with Gasteiger partial charge in [-0.05, 0) is 30.6 Å². The quantitative estimate of drug-likeness (QED) is 0.682. The summed E-state index contributed by atoms with van der Waals surface area (Å²) in [6, 6.07) is 0. The summed E-state index contributed by atoms with van der Waals surface area (Å²) in [5, 5.41) is 1.09. The Morgan fingerprint density at radius 1 is 1.50 bits per heavy atom. The van der Waals surface area contributed by atoms with Crippen molar-refractivity contribution in [3.05, 3.63) is 0 Å². The number of hydrogen-bond acceptors (Lipinski definition) is 1. The second kappa shape index (κ2) is 4.61. The Morgan fingerprint density at radius 3 is 2.75 bits per heavy atom. The molecule has 0 radical (unpaired) electrons. The molecule has 0 aliphatic carbocycles. The summed E-state index contributed by atoms with van der Waals surface area (Å²) >= 11 is 3.56. The number of hydrogen-bond donors (Lipinski definition) is 0. The molecule has 1 atom stereocenters. The van der Waals surface area contributed by atoms with Gasteiger partial charge in [-0.25, -0.2) is 0 Å². The van der Waals surface area contributed by atoms with E-state index in [-0.39, 0.29) is 0 Å². The average Bonchev–Trinajstić information content (AvgIpc) is 2.06. The molecule has 0 aromatic rings. The van der Waals surface area contributed by atoms with Gasteiger partial charge in [-0.15, -0.1) is 0 Å². The predicted molar refractivity (Wildman–Crippen MR) is 55.7 cm³/mol. The number of ether oxygens (including phenoxy) is 1. The minimum Gasteiger partial charge on any atom is -0.381 e. The molecule has 1 aliphatic rings. The molecule has 1 heterocycles. The molecule has 1 saturated heterocycles. The van der Waals surface area contributed by atoms with Crippen LogP contribution in [0.4, 0.5) is 0 Å². The van der Waals surface area contributed by atoms with Crippen molar-refractivity contribution in [3.63, 3.8) is 0 Å². The summed E-state index contributed by atoms with van der Waals surface area (Å²) in [6.45, 7) is 6.59. The van der Waals surface area contributed by atoms with Gasteiger partial charge < -0.3 is 4.74 Å². The molecule has 12 heavy (non-hydrogen) atoms. The fourth-order valence-electron chi connectivity index (χ4n) is 1.80. The van der Waals surface area contributed by atoms with Crippen LogP contribution in [0.5, 0.6) is 0 Å². The van der Waals surface area contributed by atoms with Crippen LogP contribution in [0, 0.1) is 11.3 Å². The first-order valence-electron chi connectivity index (χ1n) is 4.78. The SMILES string of the molecule is CC(C)(CBr)CC1CCCOC1. The van der Waals surface area contributed by atoms with Gasteiger partial charge in [0.15, 0.2) is 0 Å². The molecule has 0 bridgehead atoms. The van der Waals surface area contributed by atoms with Crippen molar-refractivity contribution >= 4 is 15.9 Å². The van der Waals surface area contributed by atoms with Crippen molar-refractivity contribution in [2.45, 2.75) is 33.1 Å². The lowest BCUT2D eigenvalue weighted by Crippen LogP contribution is -2.25. The van der Waals surface area contributed by atoms with E-state index < -0.39 is 0 Å². The molecule has 1 aliphatic heterocycles. The van der Waals surface area contributed by atoms with Crippen LogP contribution in [-0.4, -0.2) is 18.5 Å². The Morgan fingerprint density at radius 2 is 2.25 bits per heavy atom. The molecule has 0 spiro atoms. The Hall–Kier alpha value is 0.440. The number of alkyl halides is 1. The molecule has 2 heteroatoms. The van der Waals surface area contributed by atoms with E-state index in [1.165, 1.54) is 19.3 Å². The van der Waals surface area contributed by atoms with Crippen LogP contribution in [0.2, 0.25) is 0 Å². The van der Waals surface area contributed by atoms with Crippen molar-refractivity contribution in [1.82, 2.24) is 0 Å². The first kappa shape index (κ1) is 10.5. The van der Waals surface area contributed by atoms with E-state index in [2.05, 4.69) is 29.8 Å². The zero-order valence-electron chi connectivity index (χ0n) is 8.11. The van der Waals surface area contributed by atoms with Crippen molar-refractivity contribution in [2.75, 3.05) is 18.5 Å². The second-order valence-electron chi connectivity index (χ2n) is 4.59.